The summed E-state index contributed by atoms with van der Waals surface area (Å²) in [7, 11) is 1.58. The van der Waals surface area contributed by atoms with Crippen LogP contribution >= 0.6 is 0 Å². The monoisotopic (exact) mass is 415 g/mol. The molecule has 162 valence electrons. The van der Waals surface area contributed by atoms with Crippen molar-refractivity contribution in [3.8, 4) is 17.0 Å². The third kappa shape index (κ3) is 4.58. The van der Waals surface area contributed by atoms with E-state index in [-0.39, 0.29) is 17.0 Å². The number of rotatable bonds is 6. The molecule has 1 aliphatic heterocycles. The molecular formula is C24H31F2N3O. The second-order valence-corrected chi connectivity index (χ2v) is 8.88. The minimum absolute atomic E-state index is 0.143. The predicted octanol–water partition coefficient (Wildman–Crippen LogP) is 5.60. The molecule has 4 nitrogen and oxygen atoms in total. The lowest BCUT2D eigenvalue weighted by atomic mass is 9.86. The summed E-state index contributed by atoms with van der Waals surface area (Å²) in [6.07, 6.45) is 5.35. The van der Waals surface area contributed by atoms with Crippen molar-refractivity contribution in [3.05, 3.63) is 59.1 Å². The van der Waals surface area contributed by atoms with Crippen LogP contribution in [0.2, 0.25) is 0 Å². The molecule has 1 unspecified atom stereocenters. The fourth-order valence-electron chi connectivity index (χ4n) is 3.75. The van der Waals surface area contributed by atoms with Gasteiger partial charge in [0.15, 0.2) is 0 Å². The molecule has 0 spiro atoms. The van der Waals surface area contributed by atoms with E-state index >= 15 is 4.39 Å². The fraction of sp³-hybridized carbons (Fsp3) is 0.458. The predicted molar refractivity (Wildman–Crippen MR) is 116 cm³/mol. The van der Waals surface area contributed by atoms with E-state index < -0.39 is 11.6 Å². The summed E-state index contributed by atoms with van der Waals surface area (Å²) in [5.74, 6) is -0.326. The van der Waals surface area contributed by atoms with E-state index in [1.165, 1.54) is 12.1 Å². The average Bonchev–Trinajstić information content (AvgIpc) is 3.15. The van der Waals surface area contributed by atoms with Crippen molar-refractivity contribution in [2.45, 2.75) is 65.0 Å². The lowest BCUT2D eigenvalue weighted by Crippen LogP contribution is -2.20. The number of methoxy groups -OCH3 is 1. The summed E-state index contributed by atoms with van der Waals surface area (Å²) < 4.78 is 35.4. The first-order valence-electron chi connectivity index (χ1n) is 10.4. The third-order valence-corrected chi connectivity index (χ3v) is 5.58. The molecule has 3 rings (SSSR count). The second-order valence-electron chi connectivity index (χ2n) is 8.88. The van der Waals surface area contributed by atoms with Crippen molar-refractivity contribution in [1.29, 1.82) is 0 Å². The molecule has 0 amide bonds. The molecule has 2 N–H and O–H groups in total. The smallest absolute Gasteiger partial charge is 0.140 e. The van der Waals surface area contributed by atoms with Crippen molar-refractivity contribution in [3.63, 3.8) is 0 Å². The maximum absolute atomic E-state index is 15.0. The molecule has 0 aliphatic carbocycles. The van der Waals surface area contributed by atoms with Gasteiger partial charge in [0.1, 0.15) is 17.4 Å². The number of hydrogen-bond donors (Lipinski definition) is 2. The summed E-state index contributed by atoms with van der Waals surface area (Å²) in [4.78, 5) is 4.31. The molecule has 0 saturated heterocycles. The second kappa shape index (κ2) is 8.62. The molecule has 2 heterocycles. The van der Waals surface area contributed by atoms with Gasteiger partial charge in [-0.1, -0.05) is 27.7 Å². The topological polar surface area (TPSA) is 46.2 Å². The van der Waals surface area contributed by atoms with Crippen molar-refractivity contribution in [2.75, 3.05) is 7.11 Å². The van der Waals surface area contributed by atoms with Gasteiger partial charge in [-0.05, 0) is 37.0 Å². The summed E-state index contributed by atoms with van der Waals surface area (Å²) >= 11 is 0. The zero-order chi connectivity index (χ0) is 22.1. The lowest BCUT2D eigenvalue weighted by molar-refractivity contribution is 0.395. The number of nitrogens with one attached hydrogen (secondary N) is 2. The Hall–Kier alpha value is -2.63. The highest BCUT2D eigenvalue weighted by Crippen LogP contribution is 2.35. The molecule has 1 aromatic heterocycles. The van der Waals surface area contributed by atoms with Crippen LogP contribution in [-0.2, 0) is 5.41 Å². The quantitative estimate of drug-likeness (QED) is 0.645. The summed E-state index contributed by atoms with van der Waals surface area (Å²) in [6, 6.07) is 4.32. The van der Waals surface area contributed by atoms with Crippen molar-refractivity contribution < 1.29 is 13.5 Å². The largest absolute Gasteiger partial charge is 0.495 e. The highest BCUT2D eigenvalue weighted by atomic mass is 19.1. The SMILES string of the molecule is CC[C@H]1CC(NC(C)c2cc(F)c(-c3cc(C(C)(C)C)c(OC)cn3)cc2F)=CN1. The molecule has 2 aromatic rings. The van der Waals surface area contributed by atoms with Gasteiger partial charge in [-0.2, -0.15) is 0 Å². The van der Waals surface area contributed by atoms with Crippen LogP contribution in [0.4, 0.5) is 8.78 Å². The molecule has 0 radical (unpaired) electrons. The van der Waals surface area contributed by atoms with Crippen LogP contribution in [0.1, 0.15) is 64.6 Å². The summed E-state index contributed by atoms with van der Waals surface area (Å²) in [5.41, 5.74) is 2.49. The Morgan fingerprint density at radius 3 is 2.57 bits per heavy atom. The van der Waals surface area contributed by atoms with Gasteiger partial charge in [0.2, 0.25) is 0 Å². The highest BCUT2D eigenvalue weighted by molar-refractivity contribution is 5.63. The van der Waals surface area contributed by atoms with Gasteiger partial charge in [0.05, 0.1) is 25.0 Å². The van der Waals surface area contributed by atoms with E-state index in [2.05, 4.69) is 22.5 Å². The minimum atomic E-state index is -0.498. The Morgan fingerprint density at radius 1 is 1.23 bits per heavy atom. The maximum atomic E-state index is 15.0. The van der Waals surface area contributed by atoms with E-state index in [1.807, 2.05) is 33.9 Å². The van der Waals surface area contributed by atoms with E-state index in [1.54, 1.807) is 19.4 Å². The number of nitrogens with zero attached hydrogens (tertiary/aromatic N) is 1. The number of pyridine rings is 1. The molecule has 0 saturated carbocycles. The van der Waals surface area contributed by atoms with Crippen LogP contribution < -0.4 is 15.4 Å². The van der Waals surface area contributed by atoms with Gasteiger partial charge in [0.25, 0.3) is 0 Å². The summed E-state index contributed by atoms with van der Waals surface area (Å²) in [5, 5.41) is 6.58. The van der Waals surface area contributed by atoms with Gasteiger partial charge in [-0.3, -0.25) is 4.98 Å². The average molecular weight is 416 g/mol. The summed E-state index contributed by atoms with van der Waals surface area (Å²) in [6.45, 7) is 10.1. The van der Waals surface area contributed by atoms with Gasteiger partial charge in [-0.15, -0.1) is 0 Å². The van der Waals surface area contributed by atoms with Gasteiger partial charge < -0.3 is 15.4 Å². The first-order chi connectivity index (χ1) is 14.1. The Kier molecular flexibility index (Phi) is 6.34. The normalized spacial score (nSPS) is 17.3. The number of hydrogen-bond acceptors (Lipinski definition) is 4. The molecular weight excluding hydrogens is 384 g/mol. The van der Waals surface area contributed by atoms with Crippen LogP contribution in [-0.4, -0.2) is 18.1 Å². The Bertz CT molecular complexity index is 950. The van der Waals surface area contributed by atoms with Crippen molar-refractivity contribution in [1.82, 2.24) is 15.6 Å². The fourth-order valence-corrected chi connectivity index (χ4v) is 3.75. The molecule has 1 aliphatic rings. The van der Waals surface area contributed by atoms with E-state index in [9.17, 15) is 4.39 Å². The van der Waals surface area contributed by atoms with E-state index in [0.29, 0.717) is 23.0 Å². The zero-order valence-electron chi connectivity index (χ0n) is 18.6. The molecule has 6 heteroatoms. The Labute approximate surface area is 177 Å². The van der Waals surface area contributed by atoms with Crippen LogP contribution in [0, 0.1) is 11.6 Å². The Morgan fingerprint density at radius 2 is 1.97 bits per heavy atom. The van der Waals surface area contributed by atoms with Gasteiger partial charge in [-0.25, -0.2) is 8.78 Å². The van der Waals surface area contributed by atoms with E-state index in [0.717, 1.165) is 24.1 Å². The van der Waals surface area contributed by atoms with Gasteiger partial charge >= 0.3 is 0 Å². The molecule has 0 bridgehead atoms. The lowest BCUT2D eigenvalue weighted by Gasteiger charge is -2.23. The minimum Gasteiger partial charge on any atom is -0.495 e. The first-order valence-corrected chi connectivity index (χ1v) is 10.4. The maximum Gasteiger partial charge on any atom is 0.140 e. The van der Waals surface area contributed by atoms with Crippen LogP contribution in [0.15, 0.2) is 36.3 Å². The van der Waals surface area contributed by atoms with Crippen LogP contribution in [0.5, 0.6) is 5.75 Å². The highest BCUT2D eigenvalue weighted by Gasteiger charge is 2.23. The number of aromatic nitrogens is 1. The van der Waals surface area contributed by atoms with Crippen molar-refractivity contribution >= 4 is 0 Å². The Balaban J connectivity index is 1.90. The van der Waals surface area contributed by atoms with E-state index in [4.69, 9.17) is 4.74 Å². The zero-order valence-corrected chi connectivity index (χ0v) is 18.6. The van der Waals surface area contributed by atoms with Crippen LogP contribution in [0.25, 0.3) is 11.3 Å². The van der Waals surface area contributed by atoms with Crippen molar-refractivity contribution in [2.24, 2.45) is 0 Å². The van der Waals surface area contributed by atoms with Crippen LogP contribution in [0.3, 0.4) is 0 Å². The molecule has 1 aromatic carbocycles. The number of benzene rings is 1. The molecule has 0 fully saturated rings. The third-order valence-electron chi connectivity index (χ3n) is 5.58. The molecule has 30 heavy (non-hydrogen) atoms. The molecule has 2 atom stereocenters. The first kappa shape index (κ1) is 22.1. The standard InChI is InChI=1S/C24H31F2N3O/c1-7-15-8-16(12-27-15)29-14(2)17-9-21(26)18(10-20(17)25)22-11-19(24(3,4)5)23(30-6)13-28-22/h9-15,27,29H,7-8H2,1-6H3/t14?,15-/m0/s1. The number of ether oxygens (including phenoxy) is 1. The number of halogens is 2. The van der Waals surface area contributed by atoms with Gasteiger partial charge in [0, 0.05) is 41.1 Å².